The van der Waals surface area contributed by atoms with Gasteiger partial charge in [-0.25, -0.2) is 0 Å². The lowest BCUT2D eigenvalue weighted by Gasteiger charge is -2.25. The van der Waals surface area contributed by atoms with E-state index in [1.54, 1.807) is 4.90 Å². The van der Waals surface area contributed by atoms with Gasteiger partial charge in [0, 0.05) is 18.7 Å². The van der Waals surface area contributed by atoms with Crippen LogP contribution in [0.2, 0.25) is 0 Å². The van der Waals surface area contributed by atoms with Crippen LogP contribution in [0.4, 0.5) is 5.69 Å². The summed E-state index contributed by atoms with van der Waals surface area (Å²) >= 11 is 0. The summed E-state index contributed by atoms with van der Waals surface area (Å²) in [6.45, 7) is 6.40. The molecule has 2 amide bonds. The van der Waals surface area contributed by atoms with Crippen LogP contribution in [0, 0.1) is 13.8 Å². The summed E-state index contributed by atoms with van der Waals surface area (Å²) in [7, 11) is 0. The predicted molar refractivity (Wildman–Crippen MR) is 75.1 cm³/mol. The van der Waals surface area contributed by atoms with E-state index in [9.17, 15) is 9.59 Å². The largest absolute Gasteiger partial charge is 0.344 e. The lowest BCUT2D eigenvalue weighted by Crippen LogP contribution is -2.44. The SMILES string of the molecule is CCC1NC(=O)CCN(c2cccc(C)c2C)C1=O. The number of anilines is 1. The van der Waals surface area contributed by atoms with Crippen molar-refractivity contribution in [2.75, 3.05) is 11.4 Å². The Kier molecular flexibility index (Phi) is 3.88. The number of amides is 2. The topological polar surface area (TPSA) is 49.4 Å². The Morgan fingerprint density at radius 1 is 1.32 bits per heavy atom. The molecule has 1 unspecified atom stereocenters. The van der Waals surface area contributed by atoms with E-state index in [0.29, 0.717) is 19.4 Å². The highest BCUT2D eigenvalue weighted by molar-refractivity contribution is 6.01. The molecule has 1 aromatic carbocycles. The average molecular weight is 260 g/mol. The van der Waals surface area contributed by atoms with Crippen LogP contribution in [-0.2, 0) is 9.59 Å². The van der Waals surface area contributed by atoms with Crippen molar-refractivity contribution < 1.29 is 9.59 Å². The fourth-order valence-corrected chi connectivity index (χ4v) is 2.38. The van der Waals surface area contributed by atoms with E-state index in [1.165, 1.54) is 0 Å². The molecule has 1 aliphatic heterocycles. The molecule has 1 atom stereocenters. The maximum Gasteiger partial charge on any atom is 0.249 e. The minimum atomic E-state index is -0.407. The van der Waals surface area contributed by atoms with Gasteiger partial charge in [0.05, 0.1) is 0 Å². The summed E-state index contributed by atoms with van der Waals surface area (Å²) in [4.78, 5) is 25.9. The first kappa shape index (κ1) is 13.6. The maximum absolute atomic E-state index is 12.5. The van der Waals surface area contributed by atoms with E-state index >= 15 is 0 Å². The fraction of sp³-hybridized carbons (Fsp3) is 0.467. The molecular formula is C15H20N2O2. The van der Waals surface area contributed by atoms with Gasteiger partial charge < -0.3 is 10.2 Å². The van der Waals surface area contributed by atoms with Gasteiger partial charge in [-0.15, -0.1) is 0 Å². The molecule has 4 nitrogen and oxygen atoms in total. The quantitative estimate of drug-likeness (QED) is 0.883. The predicted octanol–water partition coefficient (Wildman–Crippen LogP) is 1.93. The third-order valence-corrected chi connectivity index (χ3v) is 3.74. The lowest BCUT2D eigenvalue weighted by atomic mass is 10.1. The molecule has 19 heavy (non-hydrogen) atoms. The average Bonchev–Trinajstić information content (AvgIpc) is 2.53. The molecule has 0 aliphatic carbocycles. The minimum Gasteiger partial charge on any atom is -0.344 e. The zero-order chi connectivity index (χ0) is 14.0. The third kappa shape index (κ3) is 2.62. The second-order valence-electron chi connectivity index (χ2n) is 4.99. The summed E-state index contributed by atoms with van der Waals surface area (Å²) < 4.78 is 0. The van der Waals surface area contributed by atoms with Crippen molar-refractivity contribution in [2.45, 2.75) is 39.7 Å². The summed E-state index contributed by atoms with van der Waals surface area (Å²) in [6, 6.07) is 5.52. The molecule has 0 radical (unpaired) electrons. The second kappa shape index (κ2) is 5.43. The molecule has 0 spiro atoms. The number of benzene rings is 1. The van der Waals surface area contributed by atoms with E-state index in [-0.39, 0.29) is 11.8 Å². The Labute approximate surface area is 113 Å². The molecule has 1 N–H and O–H groups in total. The number of hydrogen-bond donors (Lipinski definition) is 1. The summed E-state index contributed by atoms with van der Waals surface area (Å²) in [6.07, 6.45) is 0.974. The first-order valence-electron chi connectivity index (χ1n) is 6.71. The smallest absolute Gasteiger partial charge is 0.249 e. The van der Waals surface area contributed by atoms with Gasteiger partial charge in [-0.2, -0.15) is 0 Å². The first-order valence-corrected chi connectivity index (χ1v) is 6.71. The zero-order valence-electron chi connectivity index (χ0n) is 11.7. The van der Waals surface area contributed by atoms with Crippen molar-refractivity contribution in [1.82, 2.24) is 5.32 Å². The Balaban J connectivity index is 2.39. The Hall–Kier alpha value is -1.84. The van der Waals surface area contributed by atoms with Gasteiger partial charge >= 0.3 is 0 Å². The van der Waals surface area contributed by atoms with E-state index < -0.39 is 6.04 Å². The molecule has 2 rings (SSSR count). The molecule has 0 aromatic heterocycles. The van der Waals surface area contributed by atoms with Crippen LogP contribution in [0.3, 0.4) is 0 Å². The lowest BCUT2D eigenvalue weighted by molar-refractivity contribution is -0.125. The molecule has 1 saturated heterocycles. The standard InChI is InChI=1S/C15H20N2O2/c1-4-12-15(19)17(9-8-14(18)16-12)13-7-5-6-10(2)11(13)3/h5-7,12H,4,8-9H2,1-3H3,(H,16,18). The van der Waals surface area contributed by atoms with Crippen molar-refractivity contribution in [1.29, 1.82) is 0 Å². The van der Waals surface area contributed by atoms with Crippen molar-refractivity contribution >= 4 is 17.5 Å². The monoisotopic (exact) mass is 260 g/mol. The van der Waals surface area contributed by atoms with E-state index in [1.807, 2.05) is 39.0 Å². The Morgan fingerprint density at radius 2 is 2.05 bits per heavy atom. The van der Waals surface area contributed by atoms with Crippen LogP contribution < -0.4 is 10.2 Å². The van der Waals surface area contributed by atoms with Gasteiger partial charge in [-0.1, -0.05) is 19.1 Å². The Bertz CT molecular complexity index is 511. The van der Waals surface area contributed by atoms with Crippen molar-refractivity contribution in [3.05, 3.63) is 29.3 Å². The van der Waals surface area contributed by atoms with Gasteiger partial charge in [-0.05, 0) is 37.5 Å². The molecule has 102 valence electrons. The molecule has 1 heterocycles. The van der Waals surface area contributed by atoms with Crippen LogP contribution in [0.1, 0.15) is 30.9 Å². The number of rotatable bonds is 2. The summed E-state index contributed by atoms with van der Waals surface area (Å²) in [5.74, 6) is -0.0601. The third-order valence-electron chi connectivity index (χ3n) is 3.74. The normalized spacial score (nSPS) is 20.2. The number of hydrogen-bond acceptors (Lipinski definition) is 2. The van der Waals surface area contributed by atoms with Crippen molar-refractivity contribution in [2.24, 2.45) is 0 Å². The molecule has 1 aromatic rings. The number of aryl methyl sites for hydroxylation is 1. The number of nitrogens with zero attached hydrogens (tertiary/aromatic N) is 1. The van der Waals surface area contributed by atoms with Gasteiger partial charge in [0.25, 0.3) is 0 Å². The Morgan fingerprint density at radius 3 is 2.74 bits per heavy atom. The van der Waals surface area contributed by atoms with E-state index in [4.69, 9.17) is 0 Å². The number of carbonyl (C=O) groups excluding carboxylic acids is 2. The van der Waals surface area contributed by atoms with Gasteiger partial charge in [0.15, 0.2) is 0 Å². The minimum absolute atomic E-state index is 0.0120. The number of nitrogens with one attached hydrogen (secondary N) is 1. The van der Waals surface area contributed by atoms with E-state index in [0.717, 1.165) is 16.8 Å². The highest BCUT2D eigenvalue weighted by Crippen LogP contribution is 2.25. The first-order chi connectivity index (χ1) is 9.04. The van der Waals surface area contributed by atoms with Crippen LogP contribution in [0.5, 0.6) is 0 Å². The summed E-state index contributed by atoms with van der Waals surface area (Å²) in [5, 5.41) is 2.78. The molecular weight excluding hydrogens is 240 g/mol. The zero-order valence-corrected chi connectivity index (χ0v) is 11.7. The molecule has 0 saturated carbocycles. The molecule has 1 aliphatic rings. The van der Waals surface area contributed by atoms with Crippen LogP contribution in [-0.4, -0.2) is 24.4 Å². The second-order valence-corrected chi connectivity index (χ2v) is 4.99. The highest BCUT2D eigenvalue weighted by atomic mass is 16.2. The van der Waals surface area contributed by atoms with Gasteiger partial charge in [-0.3, -0.25) is 9.59 Å². The van der Waals surface area contributed by atoms with Gasteiger partial charge in [0.2, 0.25) is 11.8 Å². The fourth-order valence-electron chi connectivity index (χ4n) is 2.38. The van der Waals surface area contributed by atoms with E-state index in [2.05, 4.69) is 5.32 Å². The van der Waals surface area contributed by atoms with Crippen molar-refractivity contribution in [3.63, 3.8) is 0 Å². The van der Waals surface area contributed by atoms with Crippen LogP contribution >= 0.6 is 0 Å². The van der Waals surface area contributed by atoms with Crippen LogP contribution in [0.15, 0.2) is 18.2 Å². The molecule has 0 bridgehead atoms. The highest BCUT2D eigenvalue weighted by Gasteiger charge is 2.30. The van der Waals surface area contributed by atoms with Gasteiger partial charge in [0.1, 0.15) is 6.04 Å². The molecule has 1 fully saturated rings. The van der Waals surface area contributed by atoms with Crippen LogP contribution in [0.25, 0.3) is 0 Å². The number of carbonyl (C=O) groups is 2. The summed E-state index contributed by atoms with van der Waals surface area (Å²) in [5.41, 5.74) is 3.17. The molecule has 4 heteroatoms. The van der Waals surface area contributed by atoms with Crippen molar-refractivity contribution in [3.8, 4) is 0 Å². The maximum atomic E-state index is 12.5.